The molecule has 0 saturated heterocycles. The smallest absolute Gasteiger partial charge is 0.330 e. The predicted molar refractivity (Wildman–Crippen MR) is 95.9 cm³/mol. The monoisotopic (exact) mass is 375 g/mol. The topological polar surface area (TPSA) is 84.9 Å². The molecule has 0 bridgehead atoms. The highest BCUT2D eigenvalue weighted by Gasteiger charge is 2.24. The van der Waals surface area contributed by atoms with Crippen LogP contribution in [0.25, 0.3) is 0 Å². The van der Waals surface area contributed by atoms with Crippen molar-refractivity contribution in [2.24, 2.45) is 0 Å². The molecule has 2 aromatic rings. The molecule has 1 aliphatic heterocycles. The summed E-state index contributed by atoms with van der Waals surface area (Å²) in [5, 5.41) is 12.6. The highest BCUT2D eigenvalue weighted by molar-refractivity contribution is 6.30. The van der Waals surface area contributed by atoms with Crippen molar-refractivity contribution in [3.8, 4) is 11.5 Å². The van der Waals surface area contributed by atoms with Gasteiger partial charge in [-0.2, -0.15) is 0 Å². The van der Waals surface area contributed by atoms with Crippen molar-refractivity contribution in [1.29, 1.82) is 0 Å². The normalized spacial score (nSPS) is 13.5. The maximum absolute atomic E-state index is 12.4. The number of hydrogen-bond acceptors (Lipinski definition) is 4. The Morgan fingerprint density at radius 1 is 1.31 bits per heavy atom. The predicted octanol–water partition coefficient (Wildman–Crippen LogP) is 2.77. The van der Waals surface area contributed by atoms with Crippen LogP contribution >= 0.6 is 11.6 Å². The number of hydrogen-bond donors (Lipinski definition) is 2. The number of carboxylic acids is 1. The summed E-state index contributed by atoms with van der Waals surface area (Å²) < 4.78 is 10.6. The Balaban J connectivity index is 1.77. The average molecular weight is 376 g/mol. The van der Waals surface area contributed by atoms with Gasteiger partial charge in [0.05, 0.1) is 20.1 Å². The maximum atomic E-state index is 12.4. The molecule has 1 unspecified atom stereocenters. The number of aliphatic carboxylic acids is 1. The molecule has 1 amide bonds. The van der Waals surface area contributed by atoms with Crippen LogP contribution in [-0.2, 0) is 22.4 Å². The Morgan fingerprint density at radius 2 is 2.12 bits per heavy atom. The van der Waals surface area contributed by atoms with Crippen molar-refractivity contribution in [1.82, 2.24) is 5.32 Å². The minimum Gasteiger partial charge on any atom is -0.496 e. The fourth-order valence-corrected chi connectivity index (χ4v) is 3.14. The molecular weight excluding hydrogens is 358 g/mol. The second kappa shape index (κ2) is 7.66. The number of nitrogens with one attached hydrogen (secondary N) is 1. The van der Waals surface area contributed by atoms with Crippen LogP contribution in [0.5, 0.6) is 11.5 Å². The van der Waals surface area contributed by atoms with Gasteiger partial charge in [-0.3, -0.25) is 4.79 Å². The Bertz CT molecular complexity index is 852. The third kappa shape index (κ3) is 3.91. The van der Waals surface area contributed by atoms with E-state index < -0.39 is 17.9 Å². The molecular formula is C19H18ClNO5. The van der Waals surface area contributed by atoms with Gasteiger partial charge >= 0.3 is 5.97 Å². The first-order valence-corrected chi connectivity index (χ1v) is 8.46. The second-order valence-corrected chi connectivity index (χ2v) is 6.37. The number of methoxy groups -OCH3 is 1. The molecule has 0 fully saturated rings. The first kappa shape index (κ1) is 18.1. The largest absolute Gasteiger partial charge is 0.496 e. The van der Waals surface area contributed by atoms with E-state index in [9.17, 15) is 14.7 Å². The highest BCUT2D eigenvalue weighted by Crippen LogP contribution is 2.29. The standard InChI is InChI=1S/C19H18ClNO5/c1-25-15-5-3-14(20)9-13(15)10-17(22)21-18(19(23)24)12-2-4-16-11(8-12)6-7-26-16/h2-5,8-9,18H,6-7,10H2,1H3,(H,21,22)(H,23,24). The van der Waals surface area contributed by atoms with Gasteiger partial charge in [0.1, 0.15) is 11.5 Å². The summed E-state index contributed by atoms with van der Waals surface area (Å²) in [7, 11) is 1.50. The van der Waals surface area contributed by atoms with Crippen LogP contribution in [-0.4, -0.2) is 30.7 Å². The van der Waals surface area contributed by atoms with Crippen LogP contribution in [0.15, 0.2) is 36.4 Å². The van der Waals surface area contributed by atoms with Crippen LogP contribution in [0.1, 0.15) is 22.7 Å². The number of halogens is 1. The van der Waals surface area contributed by atoms with E-state index in [-0.39, 0.29) is 6.42 Å². The van der Waals surface area contributed by atoms with Crippen LogP contribution in [0.4, 0.5) is 0 Å². The quantitative estimate of drug-likeness (QED) is 0.811. The van der Waals surface area contributed by atoms with E-state index in [2.05, 4.69) is 5.32 Å². The van der Waals surface area contributed by atoms with Crippen LogP contribution < -0.4 is 14.8 Å². The van der Waals surface area contributed by atoms with Gasteiger partial charge in [0, 0.05) is 17.0 Å². The number of carboxylic acid groups (broad SMARTS) is 1. The lowest BCUT2D eigenvalue weighted by molar-refractivity contribution is -0.142. The molecule has 136 valence electrons. The fourth-order valence-electron chi connectivity index (χ4n) is 2.94. The Labute approximate surface area is 155 Å². The minimum absolute atomic E-state index is 0.0401. The summed E-state index contributed by atoms with van der Waals surface area (Å²) in [4.78, 5) is 24.1. The summed E-state index contributed by atoms with van der Waals surface area (Å²) >= 11 is 5.97. The lowest BCUT2D eigenvalue weighted by Crippen LogP contribution is -2.34. The number of benzene rings is 2. The summed E-state index contributed by atoms with van der Waals surface area (Å²) in [6.45, 7) is 0.581. The van der Waals surface area contributed by atoms with Gasteiger partial charge < -0.3 is 19.9 Å². The van der Waals surface area contributed by atoms with Crippen molar-refractivity contribution in [2.45, 2.75) is 18.9 Å². The molecule has 1 heterocycles. The number of ether oxygens (including phenoxy) is 2. The number of amides is 1. The zero-order chi connectivity index (χ0) is 18.7. The van der Waals surface area contributed by atoms with Gasteiger partial charge in [0.2, 0.25) is 5.91 Å². The van der Waals surface area contributed by atoms with E-state index in [1.165, 1.54) is 7.11 Å². The minimum atomic E-state index is -1.14. The van der Waals surface area contributed by atoms with Gasteiger partial charge in [-0.15, -0.1) is 0 Å². The maximum Gasteiger partial charge on any atom is 0.330 e. The molecule has 0 aliphatic carbocycles. The van der Waals surface area contributed by atoms with Crippen molar-refractivity contribution >= 4 is 23.5 Å². The first-order valence-electron chi connectivity index (χ1n) is 8.08. The SMILES string of the molecule is COc1ccc(Cl)cc1CC(=O)NC(C(=O)O)c1ccc2c(c1)CCO2. The third-order valence-electron chi connectivity index (χ3n) is 4.19. The van der Waals surface area contributed by atoms with E-state index >= 15 is 0 Å². The van der Waals surface area contributed by atoms with Crippen molar-refractivity contribution in [3.05, 3.63) is 58.1 Å². The molecule has 0 spiro atoms. The molecule has 0 aromatic heterocycles. The molecule has 1 aliphatic rings. The fraction of sp³-hybridized carbons (Fsp3) is 0.263. The summed E-state index contributed by atoms with van der Waals surface area (Å²) in [5.74, 6) is -0.288. The van der Waals surface area contributed by atoms with Crippen molar-refractivity contribution in [3.63, 3.8) is 0 Å². The van der Waals surface area contributed by atoms with Crippen LogP contribution in [0.2, 0.25) is 5.02 Å². The molecule has 0 radical (unpaired) electrons. The van der Waals surface area contributed by atoms with Crippen LogP contribution in [0, 0.1) is 0 Å². The van der Waals surface area contributed by atoms with Gasteiger partial charge in [0.15, 0.2) is 6.04 Å². The number of carbonyl (C=O) groups excluding carboxylic acids is 1. The molecule has 6 nitrogen and oxygen atoms in total. The zero-order valence-electron chi connectivity index (χ0n) is 14.1. The molecule has 1 atom stereocenters. The Kier molecular flexibility index (Phi) is 5.32. The molecule has 26 heavy (non-hydrogen) atoms. The lowest BCUT2D eigenvalue weighted by Gasteiger charge is -2.16. The van der Waals surface area contributed by atoms with Gasteiger partial charge in [-0.1, -0.05) is 17.7 Å². The number of rotatable bonds is 6. The molecule has 0 saturated carbocycles. The van der Waals surface area contributed by atoms with Gasteiger partial charge in [-0.25, -0.2) is 4.79 Å². The molecule has 2 aromatic carbocycles. The van der Waals surface area contributed by atoms with E-state index in [0.29, 0.717) is 28.5 Å². The molecule has 3 rings (SSSR count). The highest BCUT2D eigenvalue weighted by atomic mass is 35.5. The van der Waals surface area contributed by atoms with E-state index in [1.807, 2.05) is 0 Å². The van der Waals surface area contributed by atoms with Crippen molar-refractivity contribution in [2.75, 3.05) is 13.7 Å². The summed E-state index contributed by atoms with van der Waals surface area (Å²) in [6, 6.07) is 8.97. The first-order chi connectivity index (χ1) is 12.5. The zero-order valence-corrected chi connectivity index (χ0v) is 14.9. The van der Waals surface area contributed by atoms with E-state index in [4.69, 9.17) is 21.1 Å². The third-order valence-corrected chi connectivity index (χ3v) is 4.43. The van der Waals surface area contributed by atoms with E-state index in [1.54, 1.807) is 36.4 Å². The lowest BCUT2D eigenvalue weighted by atomic mass is 10.0. The second-order valence-electron chi connectivity index (χ2n) is 5.94. The van der Waals surface area contributed by atoms with Gasteiger partial charge in [-0.05, 0) is 41.5 Å². The van der Waals surface area contributed by atoms with Crippen LogP contribution in [0.3, 0.4) is 0 Å². The molecule has 7 heteroatoms. The molecule has 2 N–H and O–H groups in total. The van der Waals surface area contributed by atoms with E-state index in [0.717, 1.165) is 17.7 Å². The summed E-state index contributed by atoms with van der Waals surface area (Å²) in [5.41, 5.74) is 2.04. The summed E-state index contributed by atoms with van der Waals surface area (Å²) in [6.07, 6.45) is 0.685. The van der Waals surface area contributed by atoms with Gasteiger partial charge in [0.25, 0.3) is 0 Å². The number of carbonyl (C=O) groups is 2. The average Bonchev–Trinajstić information content (AvgIpc) is 3.07. The Hall–Kier alpha value is -2.73. The van der Waals surface area contributed by atoms with Crippen molar-refractivity contribution < 1.29 is 24.2 Å². The Morgan fingerprint density at radius 3 is 2.85 bits per heavy atom. The number of fused-ring (bicyclic) bond motifs is 1.